The van der Waals surface area contributed by atoms with E-state index < -0.39 is 11.9 Å². The summed E-state index contributed by atoms with van der Waals surface area (Å²) in [5.74, 6) is -0.964. The molecule has 32 heavy (non-hydrogen) atoms. The largest absolute Gasteiger partial charge is 0.394 e. The number of nitrogens with one attached hydrogen (secondary N) is 2. The highest BCUT2D eigenvalue weighted by Crippen LogP contribution is 2.41. The molecule has 3 heterocycles. The molecule has 0 bridgehead atoms. The summed E-state index contributed by atoms with van der Waals surface area (Å²) in [5, 5.41) is 16.2. The molecule has 0 radical (unpaired) electrons. The van der Waals surface area contributed by atoms with Crippen molar-refractivity contribution in [1.29, 1.82) is 0 Å². The summed E-state index contributed by atoms with van der Waals surface area (Å²) in [6.07, 6.45) is 0.517. The van der Waals surface area contributed by atoms with Crippen molar-refractivity contribution in [2.75, 3.05) is 38.2 Å². The van der Waals surface area contributed by atoms with E-state index in [1.54, 1.807) is 17.0 Å². The van der Waals surface area contributed by atoms with Crippen molar-refractivity contribution in [1.82, 2.24) is 10.2 Å². The average Bonchev–Trinajstić information content (AvgIpc) is 3.05. The molecule has 10 heteroatoms. The first-order valence-corrected chi connectivity index (χ1v) is 12.3. The van der Waals surface area contributed by atoms with E-state index in [-0.39, 0.29) is 36.1 Å². The lowest BCUT2D eigenvalue weighted by Gasteiger charge is -2.35. The van der Waals surface area contributed by atoms with Gasteiger partial charge in [0, 0.05) is 16.7 Å². The van der Waals surface area contributed by atoms with Crippen molar-refractivity contribution in [2.45, 2.75) is 26.3 Å². The van der Waals surface area contributed by atoms with Crippen molar-refractivity contribution in [3.63, 3.8) is 0 Å². The van der Waals surface area contributed by atoms with Gasteiger partial charge >= 0.3 is 0 Å². The minimum Gasteiger partial charge on any atom is -0.394 e. The van der Waals surface area contributed by atoms with Crippen LogP contribution in [0.3, 0.4) is 0 Å². The Morgan fingerprint density at radius 1 is 1.47 bits per heavy atom. The molecule has 2 aromatic rings. The second-order valence-corrected chi connectivity index (χ2v) is 11.1. The van der Waals surface area contributed by atoms with Crippen LogP contribution >= 0.6 is 33.9 Å². The molecule has 0 spiro atoms. The molecule has 1 unspecified atom stereocenters. The maximum atomic E-state index is 14.6. The SMILES string of the molecule is CC1(C)CNC(=O)c2sc(Nc3ccc(I)cc3F)c(C(=O)N3CCOCC3CO)c2C1. The van der Waals surface area contributed by atoms with Crippen molar-refractivity contribution in [3.8, 4) is 0 Å². The van der Waals surface area contributed by atoms with Gasteiger partial charge in [-0.25, -0.2) is 4.39 Å². The average molecular weight is 573 g/mol. The number of fused-ring (bicyclic) bond motifs is 1. The van der Waals surface area contributed by atoms with Gasteiger partial charge in [-0.1, -0.05) is 13.8 Å². The Balaban J connectivity index is 1.83. The minimum absolute atomic E-state index is 0.224. The lowest BCUT2D eigenvalue weighted by Crippen LogP contribution is -2.50. The Labute approximate surface area is 203 Å². The van der Waals surface area contributed by atoms with Crippen LogP contribution in [-0.2, 0) is 11.2 Å². The number of benzene rings is 1. The van der Waals surface area contributed by atoms with Gasteiger partial charge in [0.25, 0.3) is 11.8 Å². The van der Waals surface area contributed by atoms with Gasteiger partial charge in [0.2, 0.25) is 0 Å². The van der Waals surface area contributed by atoms with E-state index in [0.29, 0.717) is 47.1 Å². The first-order chi connectivity index (χ1) is 15.2. The molecule has 2 aliphatic heterocycles. The number of aliphatic hydroxyl groups excluding tert-OH is 1. The molecule has 1 aromatic heterocycles. The van der Waals surface area contributed by atoms with E-state index in [1.165, 1.54) is 6.07 Å². The van der Waals surface area contributed by atoms with Crippen molar-refractivity contribution in [3.05, 3.63) is 43.6 Å². The summed E-state index contributed by atoms with van der Waals surface area (Å²) < 4.78 is 20.8. The topological polar surface area (TPSA) is 90.9 Å². The summed E-state index contributed by atoms with van der Waals surface area (Å²) >= 11 is 3.19. The van der Waals surface area contributed by atoms with Gasteiger partial charge in [0.05, 0.1) is 42.0 Å². The van der Waals surface area contributed by atoms with Gasteiger partial charge in [-0.2, -0.15) is 0 Å². The molecule has 1 saturated heterocycles. The molecule has 0 saturated carbocycles. The van der Waals surface area contributed by atoms with Crippen LogP contribution in [0.5, 0.6) is 0 Å². The van der Waals surface area contributed by atoms with Crippen LogP contribution in [0.1, 0.15) is 39.4 Å². The fraction of sp³-hybridized carbons (Fsp3) is 0.455. The molecule has 172 valence electrons. The van der Waals surface area contributed by atoms with Crippen LogP contribution in [-0.4, -0.2) is 60.8 Å². The number of carbonyl (C=O) groups excluding carboxylic acids is 2. The number of nitrogens with zero attached hydrogens (tertiary/aromatic N) is 1. The van der Waals surface area contributed by atoms with Gasteiger partial charge < -0.3 is 25.4 Å². The predicted molar refractivity (Wildman–Crippen MR) is 129 cm³/mol. The zero-order valence-electron chi connectivity index (χ0n) is 17.8. The van der Waals surface area contributed by atoms with Crippen LogP contribution in [0, 0.1) is 14.8 Å². The number of aliphatic hydroxyl groups is 1. The normalized spacial score (nSPS) is 20.3. The number of anilines is 2. The monoisotopic (exact) mass is 573 g/mol. The molecule has 7 nitrogen and oxygen atoms in total. The highest BCUT2D eigenvalue weighted by atomic mass is 127. The van der Waals surface area contributed by atoms with Gasteiger partial charge in [-0.05, 0) is 58.2 Å². The van der Waals surface area contributed by atoms with Gasteiger partial charge in [-0.3, -0.25) is 9.59 Å². The van der Waals surface area contributed by atoms with E-state index in [1.807, 2.05) is 36.4 Å². The summed E-state index contributed by atoms with van der Waals surface area (Å²) in [7, 11) is 0. The maximum Gasteiger partial charge on any atom is 0.261 e. The van der Waals surface area contributed by atoms with Crippen LogP contribution in [0.25, 0.3) is 0 Å². The van der Waals surface area contributed by atoms with E-state index in [0.717, 1.165) is 14.9 Å². The fourth-order valence-electron chi connectivity index (χ4n) is 4.00. The summed E-state index contributed by atoms with van der Waals surface area (Å²) in [6, 6.07) is 4.32. The first-order valence-electron chi connectivity index (χ1n) is 10.4. The third-order valence-electron chi connectivity index (χ3n) is 5.69. The van der Waals surface area contributed by atoms with E-state index in [4.69, 9.17) is 4.74 Å². The molecule has 1 aromatic carbocycles. The van der Waals surface area contributed by atoms with Gasteiger partial charge in [0.1, 0.15) is 10.8 Å². The zero-order chi connectivity index (χ0) is 23.0. The molecule has 0 aliphatic carbocycles. The smallest absolute Gasteiger partial charge is 0.261 e. The van der Waals surface area contributed by atoms with E-state index >= 15 is 0 Å². The number of thiophene rings is 1. The quantitative estimate of drug-likeness (QED) is 0.489. The molecule has 3 N–H and O–H groups in total. The lowest BCUT2D eigenvalue weighted by molar-refractivity contribution is -0.0183. The maximum absolute atomic E-state index is 14.6. The Kier molecular flexibility index (Phi) is 6.76. The fourth-order valence-corrected chi connectivity index (χ4v) is 5.60. The van der Waals surface area contributed by atoms with Crippen LogP contribution < -0.4 is 10.6 Å². The second kappa shape index (κ2) is 9.24. The standard InChI is InChI=1S/C22H25FIN3O4S/c1-22(2)8-14-17(21(30)27-5-6-31-10-13(27)9-28)20(32-18(14)19(29)25-11-22)26-16-4-3-12(24)7-15(16)23/h3-4,7,13,26,28H,5-6,8-11H2,1-2H3,(H,25,29). The number of halogens is 2. The lowest BCUT2D eigenvalue weighted by atomic mass is 9.85. The highest BCUT2D eigenvalue weighted by Gasteiger charge is 2.38. The van der Waals surface area contributed by atoms with Gasteiger partial charge in [-0.15, -0.1) is 11.3 Å². The Hall–Kier alpha value is -1.76. The van der Waals surface area contributed by atoms with Crippen molar-refractivity contribution >= 4 is 56.4 Å². The molecular formula is C22H25FIN3O4S. The summed E-state index contributed by atoms with van der Waals surface area (Å²) in [4.78, 5) is 28.7. The molecular weight excluding hydrogens is 548 g/mol. The summed E-state index contributed by atoms with van der Waals surface area (Å²) in [5.41, 5.74) is 1.00. The van der Waals surface area contributed by atoms with Crippen LogP contribution in [0.15, 0.2) is 18.2 Å². The van der Waals surface area contributed by atoms with Crippen molar-refractivity contribution < 1.29 is 23.8 Å². The molecule has 2 amide bonds. The molecule has 4 rings (SSSR count). The van der Waals surface area contributed by atoms with E-state index in [2.05, 4.69) is 10.6 Å². The Bertz CT molecular complexity index is 1060. The minimum atomic E-state index is -0.470. The van der Waals surface area contributed by atoms with E-state index in [9.17, 15) is 19.1 Å². The number of amides is 2. The number of morpholine rings is 1. The Morgan fingerprint density at radius 2 is 2.25 bits per heavy atom. The third-order valence-corrected chi connectivity index (χ3v) is 7.51. The van der Waals surface area contributed by atoms with Crippen LogP contribution in [0.2, 0.25) is 0 Å². The predicted octanol–water partition coefficient (Wildman–Crippen LogP) is 3.38. The molecule has 2 aliphatic rings. The number of hydrogen-bond acceptors (Lipinski definition) is 6. The second-order valence-electron chi connectivity index (χ2n) is 8.80. The number of carbonyl (C=O) groups is 2. The number of ether oxygens (including phenoxy) is 1. The van der Waals surface area contributed by atoms with Crippen molar-refractivity contribution in [2.24, 2.45) is 5.41 Å². The third kappa shape index (κ3) is 4.63. The number of hydrogen-bond donors (Lipinski definition) is 3. The van der Waals surface area contributed by atoms with Crippen LogP contribution in [0.4, 0.5) is 15.1 Å². The molecule has 1 fully saturated rings. The highest BCUT2D eigenvalue weighted by molar-refractivity contribution is 14.1. The Morgan fingerprint density at radius 3 is 2.97 bits per heavy atom. The first kappa shape index (κ1) is 23.4. The summed E-state index contributed by atoms with van der Waals surface area (Å²) in [6.45, 7) is 5.29. The molecule has 1 atom stereocenters. The van der Waals surface area contributed by atoms with Gasteiger partial charge in [0.15, 0.2) is 0 Å². The zero-order valence-corrected chi connectivity index (χ0v) is 20.8. The number of rotatable bonds is 4.